The Morgan fingerprint density at radius 2 is 2.04 bits per heavy atom. The van der Waals surface area contributed by atoms with Gasteiger partial charge in [0.15, 0.2) is 5.13 Å². The number of carbonyl (C=O) groups excluding carboxylic acids is 1. The summed E-state index contributed by atoms with van der Waals surface area (Å²) in [6.45, 7) is 6.97. The van der Waals surface area contributed by atoms with Crippen LogP contribution < -0.4 is 5.32 Å². The Balaban J connectivity index is 1.37. The summed E-state index contributed by atoms with van der Waals surface area (Å²) in [5.41, 5.74) is 0. The lowest BCUT2D eigenvalue weighted by Crippen LogP contribution is -2.53. The molecule has 2 heterocycles. The van der Waals surface area contributed by atoms with Crippen molar-refractivity contribution in [2.24, 2.45) is 0 Å². The van der Waals surface area contributed by atoms with E-state index in [-0.39, 0.29) is 11.9 Å². The van der Waals surface area contributed by atoms with Gasteiger partial charge in [0.1, 0.15) is 0 Å². The maximum atomic E-state index is 12.3. The molecule has 7 heteroatoms. The van der Waals surface area contributed by atoms with Crippen LogP contribution in [0.5, 0.6) is 0 Å². The van der Waals surface area contributed by atoms with Gasteiger partial charge in [-0.25, -0.2) is 4.98 Å². The quantitative estimate of drug-likeness (QED) is 0.753. The first-order valence-electron chi connectivity index (χ1n) is 8.57. The van der Waals surface area contributed by atoms with Crippen molar-refractivity contribution in [3.8, 4) is 0 Å². The monoisotopic (exact) mass is 376 g/mol. The maximum absolute atomic E-state index is 12.3. The van der Waals surface area contributed by atoms with E-state index in [1.807, 2.05) is 24.1 Å². The first kappa shape index (κ1) is 18.4. The zero-order chi connectivity index (χ0) is 17.5. The Kier molecular flexibility index (Phi) is 6.86. The molecule has 25 heavy (non-hydrogen) atoms. The Morgan fingerprint density at radius 1 is 1.28 bits per heavy atom. The molecule has 1 atom stereocenters. The largest absolute Gasteiger partial charge is 0.301 e. The molecule has 134 valence electrons. The molecule has 1 aliphatic heterocycles. The number of aromatic nitrogens is 1. The molecule has 2 aromatic rings. The number of benzene rings is 1. The summed E-state index contributed by atoms with van der Waals surface area (Å²) in [5.74, 6) is 1.13. The van der Waals surface area contributed by atoms with Crippen molar-refractivity contribution >= 4 is 34.1 Å². The number of anilines is 1. The second-order valence-electron chi connectivity index (χ2n) is 6.04. The molecule has 0 radical (unpaired) electrons. The molecule has 1 aliphatic rings. The van der Waals surface area contributed by atoms with Crippen LogP contribution in [0.4, 0.5) is 5.13 Å². The number of hydrogen-bond acceptors (Lipinski definition) is 6. The van der Waals surface area contributed by atoms with E-state index < -0.39 is 0 Å². The number of amides is 1. The molecular formula is C18H24N4OS2. The minimum absolute atomic E-state index is 0.0306. The summed E-state index contributed by atoms with van der Waals surface area (Å²) < 4.78 is 0. The SMILES string of the molecule is C[C@H](C(=O)Nc1nccs1)N1CCN(CCSc2ccccc2)CC1. The van der Waals surface area contributed by atoms with Crippen LogP contribution in [0.15, 0.2) is 46.8 Å². The van der Waals surface area contributed by atoms with Crippen molar-refractivity contribution in [2.75, 3.05) is 43.8 Å². The molecule has 0 bridgehead atoms. The van der Waals surface area contributed by atoms with Gasteiger partial charge in [0, 0.05) is 54.9 Å². The number of nitrogens with zero attached hydrogens (tertiary/aromatic N) is 3. The van der Waals surface area contributed by atoms with Crippen LogP contribution in [0.3, 0.4) is 0 Å². The number of hydrogen-bond donors (Lipinski definition) is 1. The highest BCUT2D eigenvalue weighted by Crippen LogP contribution is 2.18. The highest BCUT2D eigenvalue weighted by Gasteiger charge is 2.25. The predicted octanol–water partition coefficient (Wildman–Crippen LogP) is 2.88. The highest BCUT2D eigenvalue weighted by atomic mass is 32.2. The van der Waals surface area contributed by atoms with Crippen molar-refractivity contribution in [3.05, 3.63) is 41.9 Å². The van der Waals surface area contributed by atoms with Crippen LogP contribution in [0.25, 0.3) is 0 Å². The summed E-state index contributed by atoms with van der Waals surface area (Å²) in [7, 11) is 0. The van der Waals surface area contributed by atoms with E-state index >= 15 is 0 Å². The summed E-state index contributed by atoms with van der Waals surface area (Å²) in [5, 5.41) is 5.43. The van der Waals surface area contributed by atoms with E-state index in [0.717, 1.165) is 38.5 Å². The van der Waals surface area contributed by atoms with Gasteiger partial charge < -0.3 is 5.32 Å². The normalized spacial score (nSPS) is 17.3. The average molecular weight is 377 g/mol. The third-order valence-corrected chi connectivity index (χ3v) is 6.10. The van der Waals surface area contributed by atoms with Crippen LogP contribution in [0.1, 0.15) is 6.92 Å². The van der Waals surface area contributed by atoms with Crippen LogP contribution >= 0.6 is 23.1 Å². The predicted molar refractivity (Wildman–Crippen MR) is 105 cm³/mol. The van der Waals surface area contributed by atoms with Crippen molar-refractivity contribution < 1.29 is 4.79 Å². The first-order valence-corrected chi connectivity index (χ1v) is 10.4. The summed E-state index contributed by atoms with van der Waals surface area (Å²) in [6, 6.07) is 10.4. The number of thiazole rings is 1. The Bertz CT molecular complexity index is 642. The maximum Gasteiger partial charge on any atom is 0.243 e. The Labute approximate surface area is 157 Å². The van der Waals surface area contributed by atoms with E-state index in [4.69, 9.17) is 0 Å². The lowest BCUT2D eigenvalue weighted by atomic mass is 10.2. The molecular weight excluding hydrogens is 352 g/mol. The molecule has 1 aromatic heterocycles. The molecule has 0 saturated carbocycles. The number of carbonyl (C=O) groups is 1. The number of thioether (sulfide) groups is 1. The second kappa shape index (κ2) is 9.33. The molecule has 0 unspecified atom stereocenters. The fraction of sp³-hybridized carbons (Fsp3) is 0.444. The van der Waals surface area contributed by atoms with E-state index in [1.165, 1.54) is 16.2 Å². The van der Waals surface area contributed by atoms with Gasteiger partial charge in [0.2, 0.25) is 5.91 Å². The van der Waals surface area contributed by atoms with Gasteiger partial charge in [0.25, 0.3) is 0 Å². The smallest absolute Gasteiger partial charge is 0.243 e. The molecule has 0 spiro atoms. The fourth-order valence-corrected chi connectivity index (χ4v) is 4.31. The number of rotatable bonds is 7. The fourth-order valence-electron chi connectivity index (χ4n) is 2.84. The Morgan fingerprint density at radius 3 is 2.72 bits per heavy atom. The van der Waals surface area contributed by atoms with Crippen LogP contribution in [0, 0.1) is 0 Å². The van der Waals surface area contributed by atoms with Crippen LogP contribution in [-0.4, -0.2) is 65.2 Å². The molecule has 5 nitrogen and oxygen atoms in total. The van der Waals surface area contributed by atoms with Gasteiger partial charge in [-0.3, -0.25) is 14.6 Å². The summed E-state index contributed by atoms with van der Waals surface area (Å²) >= 11 is 3.35. The van der Waals surface area contributed by atoms with Crippen molar-refractivity contribution in [2.45, 2.75) is 17.9 Å². The third-order valence-electron chi connectivity index (χ3n) is 4.42. The summed E-state index contributed by atoms with van der Waals surface area (Å²) in [6.07, 6.45) is 1.71. The molecule has 1 N–H and O–H groups in total. The van der Waals surface area contributed by atoms with Crippen molar-refractivity contribution in [3.63, 3.8) is 0 Å². The van der Waals surface area contributed by atoms with E-state index in [9.17, 15) is 4.79 Å². The molecule has 0 aliphatic carbocycles. The zero-order valence-electron chi connectivity index (χ0n) is 14.4. The third kappa shape index (κ3) is 5.54. The molecule has 1 amide bonds. The van der Waals surface area contributed by atoms with E-state index in [1.54, 1.807) is 6.20 Å². The van der Waals surface area contributed by atoms with Crippen LogP contribution in [-0.2, 0) is 4.79 Å². The van der Waals surface area contributed by atoms with Gasteiger partial charge in [-0.1, -0.05) is 18.2 Å². The van der Waals surface area contributed by atoms with Gasteiger partial charge >= 0.3 is 0 Å². The highest BCUT2D eigenvalue weighted by molar-refractivity contribution is 7.99. The minimum Gasteiger partial charge on any atom is -0.301 e. The van der Waals surface area contributed by atoms with E-state index in [2.05, 4.69) is 50.4 Å². The summed E-state index contributed by atoms with van der Waals surface area (Å²) in [4.78, 5) is 22.5. The second-order valence-corrected chi connectivity index (χ2v) is 8.10. The van der Waals surface area contributed by atoms with Crippen molar-refractivity contribution in [1.29, 1.82) is 0 Å². The van der Waals surface area contributed by atoms with Gasteiger partial charge in [-0.05, 0) is 19.1 Å². The lowest BCUT2D eigenvalue weighted by Gasteiger charge is -2.37. The molecule has 1 saturated heterocycles. The zero-order valence-corrected chi connectivity index (χ0v) is 16.1. The average Bonchev–Trinajstić information content (AvgIpc) is 3.15. The number of piperazine rings is 1. The van der Waals surface area contributed by atoms with E-state index in [0.29, 0.717) is 5.13 Å². The molecule has 3 rings (SSSR count). The molecule has 1 aromatic carbocycles. The molecule has 1 fully saturated rings. The minimum atomic E-state index is -0.121. The van der Waals surface area contributed by atoms with Gasteiger partial charge in [-0.2, -0.15) is 0 Å². The first-order chi connectivity index (χ1) is 12.2. The Hall–Kier alpha value is -1.41. The van der Waals surface area contributed by atoms with Gasteiger partial charge in [0.05, 0.1) is 6.04 Å². The topological polar surface area (TPSA) is 48.5 Å². The van der Waals surface area contributed by atoms with Crippen LogP contribution in [0.2, 0.25) is 0 Å². The number of nitrogens with one attached hydrogen (secondary N) is 1. The van der Waals surface area contributed by atoms with Gasteiger partial charge in [-0.15, -0.1) is 23.1 Å². The van der Waals surface area contributed by atoms with Crippen molar-refractivity contribution in [1.82, 2.24) is 14.8 Å². The standard InChI is InChI=1S/C18H24N4OS2/c1-15(17(23)20-18-19-7-13-25-18)22-10-8-21(9-11-22)12-14-24-16-5-3-2-4-6-16/h2-7,13,15H,8-12,14H2,1H3,(H,19,20,23)/t15-/m1/s1. The lowest BCUT2D eigenvalue weighted by molar-refractivity contribution is -0.121.